The van der Waals surface area contributed by atoms with Crippen molar-refractivity contribution in [3.05, 3.63) is 65.0 Å². The van der Waals surface area contributed by atoms with E-state index in [1.807, 2.05) is 43.0 Å². The summed E-state index contributed by atoms with van der Waals surface area (Å²) < 4.78 is 11.3. The second kappa shape index (κ2) is 8.30. The molecule has 6 heteroatoms. The van der Waals surface area contributed by atoms with Gasteiger partial charge < -0.3 is 14.2 Å². The number of aryl methyl sites for hydroxylation is 2. The van der Waals surface area contributed by atoms with Crippen LogP contribution in [0.4, 0.5) is 0 Å². The van der Waals surface area contributed by atoms with Crippen LogP contribution in [0.15, 0.2) is 47.0 Å². The SMILES string of the molecule is Cc1ccc(CN2C(=O)CCC2c2nc(-c3ccc(OC(C)C)cc3)no2)cc1C. The Balaban J connectivity index is 1.52. The molecule has 0 N–H and O–H groups in total. The highest BCUT2D eigenvalue weighted by Gasteiger charge is 2.36. The summed E-state index contributed by atoms with van der Waals surface area (Å²) in [6.07, 6.45) is 1.30. The van der Waals surface area contributed by atoms with Crippen molar-refractivity contribution in [1.29, 1.82) is 0 Å². The number of aromatic nitrogens is 2. The monoisotopic (exact) mass is 405 g/mol. The largest absolute Gasteiger partial charge is 0.491 e. The van der Waals surface area contributed by atoms with Crippen LogP contribution >= 0.6 is 0 Å². The molecule has 3 aromatic rings. The molecule has 2 aromatic carbocycles. The fourth-order valence-electron chi connectivity index (χ4n) is 3.73. The van der Waals surface area contributed by atoms with Crippen molar-refractivity contribution in [2.45, 2.75) is 59.2 Å². The van der Waals surface area contributed by atoms with Gasteiger partial charge in [0.15, 0.2) is 0 Å². The van der Waals surface area contributed by atoms with E-state index < -0.39 is 0 Å². The molecule has 1 aliphatic heterocycles. The van der Waals surface area contributed by atoms with Gasteiger partial charge in [-0.15, -0.1) is 0 Å². The maximum atomic E-state index is 12.5. The third-order valence-corrected chi connectivity index (χ3v) is 5.46. The van der Waals surface area contributed by atoms with E-state index in [0.717, 1.165) is 16.9 Å². The quantitative estimate of drug-likeness (QED) is 0.577. The lowest BCUT2D eigenvalue weighted by molar-refractivity contribution is -0.130. The third-order valence-electron chi connectivity index (χ3n) is 5.46. The molecule has 1 unspecified atom stereocenters. The molecule has 1 aromatic heterocycles. The Bertz CT molecular complexity index is 1040. The van der Waals surface area contributed by atoms with Gasteiger partial charge in [0.2, 0.25) is 17.6 Å². The first-order chi connectivity index (χ1) is 14.4. The molecule has 1 amide bonds. The lowest BCUT2D eigenvalue weighted by Gasteiger charge is -2.22. The van der Waals surface area contributed by atoms with Gasteiger partial charge in [-0.3, -0.25) is 4.79 Å². The number of amides is 1. The van der Waals surface area contributed by atoms with Crippen LogP contribution in [0.2, 0.25) is 0 Å². The molecule has 1 saturated heterocycles. The zero-order valence-electron chi connectivity index (χ0n) is 17.9. The Morgan fingerprint density at radius 1 is 1.13 bits per heavy atom. The minimum atomic E-state index is -0.191. The van der Waals surface area contributed by atoms with Gasteiger partial charge in [-0.05, 0) is 75.1 Å². The van der Waals surface area contributed by atoms with Crippen molar-refractivity contribution in [2.75, 3.05) is 0 Å². The molecule has 0 saturated carbocycles. The molecule has 4 rings (SSSR count). The Labute approximate surface area is 176 Å². The summed E-state index contributed by atoms with van der Waals surface area (Å²) in [4.78, 5) is 19.0. The summed E-state index contributed by atoms with van der Waals surface area (Å²) in [5.74, 6) is 1.93. The van der Waals surface area contributed by atoms with Crippen molar-refractivity contribution >= 4 is 5.91 Å². The standard InChI is InChI=1S/C24H27N3O3/c1-15(2)29-20-9-7-19(8-10-20)23-25-24(30-26-23)21-11-12-22(28)27(21)14-18-6-5-16(3)17(4)13-18/h5-10,13,15,21H,11-12,14H2,1-4H3. The molecule has 6 nitrogen and oxygen atoms in total. The fourth-order valence-corrected chi connectivity index (χ4v) is 3.73. The number of ether oxygens (including phenoxy) is 1. The minimum Gasteiger partial charge on any atom is -0.491 e. The Morgan fingerprint density at radius 3 is 2.60 bits per heavy atom. The zero-order chi connectivity index (χ0) is 21.3. The van der Waals surface area contributed by atoms with Crippen LogP contribution in [0.3, 0.4) is 0 Å². The first kappa shape index (κ1) is 20.1. The number of likely N-dealkylation sites (tertiary alicyclic amines) is 1. The number of carbonyl (C=O) groups excluding carboxylic acids is 1. The predicted octanol–water partition coefficient (Wildman–Crippen LogP) is 5.00. The van der Waals surface area contributed by atoms with Crippen LogP contribution in [-0.2, 0) is 11.3 Å². The molecule has 156 valence electrons. The first-order valence-corrected chi connectivity index (χ1v) is 10.4. The van der Waals surface area contributed by atoms with Gasteiger partial charge in [-0.1, -0.05) is 23.4 Å². The van der Waals surface area contributed by atoms with Crippen molar-refractivity contribution in [3.63, 3.8) is 0 Å². The van der Waals surface area contributed by atoms with Crippen LogP contribution in [-0.4, -0.2) is 27.1 Å². The normalized spacial score (nSPS) is 16.5. The average molecular weight is 405 g/mol. The van der Waals surface area contributed by atoms with E-state index in [2.05, 4.69) is 42.2 Å². The molecule has 1 atom stereocenters. The smallest absolute Gasteiger partial charge is 0.249 e. The van der Waals surface area contributed by atoms with Gasteiger partial charge in [-0.2, -0.15) is 4.98 Å². The zero-order valence-corrected chi connectivity index (χ0v) is 17.9. The molecular weight excluding hydrogens is 378 g/mol. The van der Waals surface area contributed by atoms with E-state index >= 15 is 0 Å². The highest BCUT2D eigenvalue weighted by atomic mass is 16.5. The summed E-state index contributed by atoms with van der Waals surface area (Å²) in [5.41, 5.74) is 4.43. The maximum absolute atomic E-state index is 12.5. The second-order valence-corrected chi connectivity index (χ2v) is 8.14. The van der Waals surface area contributed by atoms with E-state index in [-0.39, 0.29) is 18.1 Å². The number of carbonyl (C=O) groups is 1. The summed E-state index contributed by atoms with van der Waals surface area (Å²) >= 11 is 0. The van der Waals surface area contributed by atoms with E-state index in [9.17, 15) is 4.79 Å². The van der Waals surface area contributed by atoms with Crippen molar-refractivity contribution in [1.82, 2.24) is 15.0 Å². The van der Waals surface area contributed by atoms with Crippen molar-refractivity contribution < 1.29 is 14.1 Å². The van der Waals surface area contributed by atoms with Crippen LogP contribution in [0.25, 0.3) is 11.4 Å². The number of hydrogen-bond acceptors (Lipinski definition) is 5. The topological polar surface area (TPSA) is 68.5 Å². The maximum Gasteiger partial charge on any atom is 0.249 e. The Kier molecular flexibility index (Phi) is 5.57. The van der Waals surface area contributed by atoms with Crippen molar-refractivity contribution in [3.8, 4) is 17.1 Å². The second-order valence-electron chi connectivity index (χ2n) is 8.14. The molecule has 0 aliphatic carbocycles. The van der Waals surface area contributed by atoms with Gasteiger partial charge >= 0.3 is 0 Å². The molecule has 1 aliphatic rings. The number of hydrogen-bond donors (Lipinski definition) is 0. The summed E-state index contributed by atoms with van der Waals surface area (Å²) in [5, 5.41) is 4.15. The van der Waals surface area contributed by atoms with Gasteiger partial charge in [0, 0.05) is 18.5 Å². The summed E-state index contributed by atoms with van der Waals surface area (Å²) in [6, 6.07) is 13.7. The molecular formula is C24H27N3O3. The molecule has 0 radical (unpaired) electrons. The Hall–Kier alpha value is -3.15. The van der Waals surface area contributed by atoms with Crippen LogP contribution < -0.4 is 4.74 Å². The minimum absolute atomic E-state index is 0.119. The van der Waals surface area contributed by atoms with Crippen LogP contribution in [0.1, 0.15) is 55.3 Å². The highest BCUT2D eigenvalue weighted by Crippen LogP contribution is 2.34. The number of benzene rings is 2. The number of rotatable bonds is 6. The van der Waals surface area contributed by atoms with E-state index in [1.165, 1.54) is 11.1 Å². The third kappa shape index (κ3) is 4.22. The number of nitrogens with zero attached hydrogens (tertiary/aromatic N) is 3. The molecule has 0 bridgehead atoms. The van der Waals surface area contributed by atoms with E-state index in [4.69, 9.17) is 9.26 Å². The van der Waals surface area contributed by atoms with E-state index in [0.29, 0.717) is 31.1 Å². The van der Waals surface area contributed by atoms with Gasteiger partial charge in [-0.25, -0.2) is 0 Å². The van der Waals surface area contributed by atoms with Gasteiger partial charge in [0.25, 0.3) is 0 Å². The first-order valence-electron chi connectivity index (χ1n) is 10.4. The van der Waals surface area contributed by atoms with Crippen molar-refractivity contribution in [2.24, 2.45) is 0 Å². The molecule has 1 fully saturated rings. The lowest BCUT2D eigenvalue weighted by atomic mass is 10.1. The van der Waals surface area contributed by atoms with Crippen LogP contribution in [0, 0.1) is 13.8 Å². The predicted molar refractivity (Wildman–Crippen MR) is 114 cm³/mol. The van der Waals surface area contributed by atoms with Gasteiger partial charge in [0.05, 0.1) is 6.10 Å². The highest BCUT2D eigenvalue weighted by molar-refractivity contribution is 5.78. The lowest BCUT2D eigenvalue weighted by Crippen LogP contribution is -2.27. The van der Waals surface area contributed by atoms with Gasteiger partial charge in [0.1, 0.15) is 11.8 Å². The average Bonchev–Trinajstić information content (AvgIpc) is 3.32. The van der Waals surface area contributed by atoms with E-state index in [1.54, 1.807) is 0 Å². The molecule has 0 spiro atoms. The summed E-state index contributed by atoms with van der Waals surface area (Å²) in [7, 11) is 0. The summed E-state index contributed by atoms with van der Waals surface area (Å²) in [6.45, 7) is 8.70. The Morgan fingerprint density at radius 2 is 1.90 bits per heavy atom. The molecule has 2 heterocycles. The molecule has 30 heavy (non-hydrogen) atoms. The fraction of sp³-hybridized carbons (Fsp3) is 0.375. The van der Waals surface area contributed by atoms with Crippen LogP contribution in [0.5, 0.6) is 5.75 Å².